The third kappa shape index (κ3) is 3.09. The van der Waals surface area contributed by atoms with Crippen molar-refractivity contribution in [3.8, 4) is 5.88 Å². The fourth-order valence-electron chi connectivity index (χ4n) is 2.13. The maximum atomic E-state index is 6.11. The van der Waals surface area contributed by atoms with E-state index in [1.54, 1.807) is 0 Å². The van der Waals surface area contributed by atoms with E-state index in [-0.39, 0.29) is 0 Å². The van der Waals surface area contributed by atoms with E-state index in [0.29, 0.717) is 17.1 Å². The lowest BCUT2D eigenvalue weighted by atomic mass is 10.3. The first kappa shape index (κ1) is 12.6. The maximum absolute atomic E-state index is 6.11. The molecule has 0 spiro atoms. The van der Waals surface area contributed by atoms with Gasteiger partial charge in [-0.15, -0.1) is 0 Å². The second-order valence-corrected chi connectivity index (χ2v) is 4.99. The minimum atomic E-state index is 0.314. The molecule has 1 saturated carbocycles. The van der Waals surface area contributed by atoms with Crippen LogP contribution in [-0.2, 0) is 6.42 Å². The van der Waals surface area contributed by atoms with Crippen LogP contribution >= 0.6 is 11.6 Å². The first-order chi connectivity index (χ1) is 8.20. The van der Waals surface area contributed by atoms with Gasteiger partial charge in [0.2, 0.25) is 5.88 Å². The van der Waals surface area contributed by atoms with Crippen molar-refractivity contribution in [1.29, 1.82) is 0 Å². The molecule has 1 fully saturated rings. The lowest BCUT2D eigenvalue weighted by molar-refractivity contribution is 0.199. The lowest BCUT2D eigenvalue weighted by Gasteiger charge is -2.15. The fraction of sp³-hybridized carbons (Fsp3) is 0.692. The number of hydrogen-bond donors (Lipinski definition) is 0. The zero-order valence-corrected chi connectivity index (χ0v) is 11.3. The van der Waals surface area contributed by atoms with Gasteiger partial charge in [0.05, 0.1) is 0 Å². The lowest BCUT2D eigenvalue weighted by Crippen LogP contribution is -2.14. The van der Waals surface area contributed by atoms with Crippen LogP contribution in [0.25, 0.3) is 0 Å². The van der Waals surface area contributed by atoms with Crippen LogP contribution in [-0.4, -0.2) is 16.1 Å². The van der Waals surface area contributed by atoms with Crippen molar-refractivity contribution >= 4 is 11.6 Å². The van der Waals surface area contributed by atoms with Gasteiger partial charge < -0.3 is 4.74 Å². The average Bonchev–Trinajstić information content (AvgIpc) is 2.78. The van der Waals surface area contributed by atoms with Crippen molar-refractivity contribution in [1.82, 2.24) is 9.97 Å². The standard InChI is InChI=1S/C13H19ClN2O/c1-3-6-11-15-12(14)9(2)13(16-11)17-10-7-4-5-8-10/h10H,3-8H2,1-2H3. The van der Waals surface area contributed by atoms with E-state index >= 15 is 0 Å². The maximum Gasteiger partial charge on any atom is 0.221 e. The highest BCUT2D eigenvalue weighted by atomic mass is 35.5. The van der Waals surface area contributed by atoms with Gasteiger partial charge in [-0.2, -0.15) is 4.98 Å². The number of rotatable bonds is 4. The van der Waals surface area contributed by atoms with Crippen LogP contribution in [0.5, 0.6) is 5.88 Å². The van der Waals surface area contributed by atoms with Crippen molar-refractivity contribution in [3.05, 3.63) is 16.5 Å². The summed E-state index contributed by atoms with van der Waals surface area (Å²) in [5.74, 6) is 1.47. The molecule has 0 radical (unpaired) electrons. The van der Waals surface area contributed by atoms with Crippen molar-refractivity contribution in [2.24, 2.45) is 0 Å². The van der Waals surface area contributed by atoms with Crippen LogP contribution in [0.1, 0.15) is 50.4 Å². The second-order valence-electron chi connectivity index (χ2n) is 4.64. The highest BCUT2D eigenvalue weighted by Crippen LogP contribution is 2.27. The van der Waals surface area contributed by atoms with Crippen LogP contribution in [0.15, 0.2) is 0 Å². The number of hydrogen-bond acceptors (Lipinski definition) is 3. The Balaban J connectivity index is 2.18. The molecular weight excluding hydrogens is 236 g/mol. The van der Waals surface area contributed by atoms with Crippen molar-refractivity contribution in [3.63, 3.8) is 0 Å². The first-order valence-corrected chi connectivity index (χ1v) is 6.78. The van der Waals surface area contributed by atoms with Crippen molar-refractivity contribution < 1.29 is 4.74 Å². The molecule has 1 aromatic rings. The number of nitrogens with zero attached hydrogens (tertiary/aromatic N) is 2. The molecule has 0 aromatic carbocycles. The average molecular weight is 255 g/mol. The van der Waals surface area contributed by atoms with Crippen LogP contribution in [0.4, 0.5) is 0 Å². The van der Waals surface area contributed by atoms with E-state index in [0.717, 1.165) is 37.1 Å². The SMILES string of the molecule is CCCc1nc(Cl)c(C)c(OC2CCCC2)n1. The predicted octanol–water partition coefficient (Wildman–Crippen LogP) is 3.71. The summed E-state index contributed by atoms with van der Waals surface area (Å²) in [6.07, 6.45) is 6.95. The minimum absolute atomic E-state index is 0.314. The highest BCUT2D eigenvalue weighted by Gasteiger charge is 2.19. The van der Waals surface area contributed by atoms with Gasteiger partial charge >= 0.3 is 0 Å². The van der Waals surface area contributed by atoms with Gasteiger partial charge in [-0.05, 0) is 39.0 Å². The Morgan fingerprint density at radius 1 is 1.29 bits per heavy atom. The van der Waals surface area contributed by atoms with Gasteiger partial charge in [0.25, 0.3) is 0 Å². The number of aromatic nitrogens is 2. The van der Waals surface area contributed by atoms with E-state index in [2.05, 4.69) is 16.9 Å². The Kier molecular flexibility index (Phi) is 4.21. The third-order valence-electron chi connectivity index (χ3n) is 3.14. The summed E-state index contributed by atoms with van der Waals surface area (Å²) in [5.41, 5.74) is 0.860. The summed E-state index contributed by atoms with van der Waals surface area (Å²) in [5, 5.41) is 0.524. The molecule has 0 aliphatic heterocycles. The fourth-order valence-corrected chi connectivity index (χ4v) is 2.30. The normalized spacial score (nSPS) is 16.4. The first-order valence-electron chi connectivity index (χ1n) is 6.40. The molecule has 0 N–H and O–H groups in total. The van der Waals surface area contributed by atoms with Crippen LogP contribution in [0, 0.1) is 6.92 Å². The summed E-state index contributed by atoms with van der Waals surface area (Å²) in [7, 11) is 0. The molecule has 0 saturated heterocycles. The molecule has 1 aliphatic carbocycles. The summed E-state index contributed by atoms with van der Waals surface area (Å²) >= 11 is 6.11. The van der Waals surface area contributed by atoms with Crippen LogP contribution < -0.4 is 4.74 Å². The quantitative estimate of drug-likeness (QED) is 0.769. The largest absolute Gasteiger partial charge is 0.474 e. The Hall–Kier alpha value is -0.830. The zero-order chi connectivity index (χ0) is 12.3. The summed E-state index contributed by atoms with van der Waals surface area (Å²) in [6, 6.07) is 0. The Morgan fingerprint density at radius 3 is 2.65 bits per heavy atom. The molecular formula is C13H19ClN2O. The molecule has 0 bridgehead atoms. The van der Waals surface area contributed by atoms with Gasteiger partial charge in [0.1, 0.15) is 17.1 Å². The van der Waals surface area contributed by atoms with E-state index in [9.17, 15) is 0 Å². The Morgan fingerprint density at radius 2 is 2.00 bits per heavy atom. The van der Waals surface area contributed by atoms with E-state index in [1.165, 1.54) is 12.8 Å². The Bertz CT molecular complexity index is 389. The predicted molar refractivity (Wildman–Crippen MR) is 68.7 cm³/mol. The molecule has 1 heterocycles. The minimum Gasteiger partial charge on any atom is -0.474 e. The van der Waals surface area contributed by atoms with E-state index in [1.807, 2.05) is 6.92 Å². The van der Waals surface area contributed by atoms with Gasteiger partial charge in [-0.25, -0.2) is 4.98 Å². The Labute approximate surface area is 108 Å². The monoisotopic (exact) mass is 254 g/mol. The van der Waals surface area contributed by atoms with Gasteiger partial charge in [-0.1, -0.05) is 18.5 Å². The molecule has 2 rings (SSSR count). The van der Waals surface area contributed by atoms with E-state index < -0.39 is 0 Å². The molecule has 4 heteroatoms. The molecule has 1 aromatic heterocycles. The molecule has 0 atom stereocenters. The topological polar surface area (TPSA) is 35.0 Å². The highest BCUT2D eigenvalue weighted by molar-refractivity contribution is 6.30. The molecule has 0 amide bonds. The zero-order valence-electron chi connectivity index (χ0n) is 10.5. The van der Waals surface area contributed by atoms with Gasteiger partial charge in [-0.3, -0.25) is 0 Å². The molecule has 3 nitrogen and oxygen atoms in total. The van der Waals surface area contributed by atoms with Gasteiger partial charge in [0.15, 0.2) is 0 Å². The number of ether oxygens (including phenoxy) is 1. The molecule has 94 valence electrons. The van der Waals surface area contributed by atoms with Crippen LogP contribution in [0.3, 0.4) is 0 Å². The third-order valence-corrected chi connectivity index (χ3v) is 3.51. The van der Waals surface area contributed by atoms with E-state index in [4.69, 9.17) is 16.3 Å². The van der Waals surface area contributed by atoms with Crippen LogP contribution in [0.2, 0.25) is 5.15 Å². The summed E-state index contributed by atoms with van der Waals surface area (Å²) in [6.45, 7) is 4.02. The second kappa shape index (κ2) is 5.67. The van der Waals surface area contributed by atoms with Crippen molar-refractivity contribution in [2.45, 2.75) is 58.5 Å². The molecule has 1 aliphatic rings. The summed E-state index contributed by atoms with van der Waals surface area (Å²) in [4.78, 5) is 8.74. The number of aryl methyl sites for hydroxylation is 1. The molecule has 0 unspecified atom stereocenters. The summed E-state index contributed by atoms with van der Waals surface area (Å²) < 4.78 is 5.94. The molecule has 17 heavy (non-hydrogen) atoms. The number of halogens is 1. The smallest absolute Gasteiger partial charge is 0.221 e. The van der Waals surface area contributed by atoms with Crippen molar-refractivity contribution in [2.75, 3.05) is 0 Å². The van der Waals surface area contributed by atoms with Gasteiger partial charge in [0, 0.05) is 12.0 Å².